The highest BCUT2D eigenvalue weighted by Gasteiger charge is 2.25. The van der Waals surface area contributed by atoms with Gasteiger partial charge in [0.1, 0.15) is 5.82 Å². The van der Waals surface area contributed by atoms with Crippen LogP contribution in [0, 0.1) is 12.7 Å². The number of thioether (sulfide) groups is 1. The first-order valence-electron chi connectivity index (χ1n) is 6.45. The highest BCUT2D eigenvalue weighted by atomic mass is 32.2. The number of carboxylic acid groups (broad SMARTS) is 1. The minimum Gasteiger partial charge on any atom is -0.478 e. The van der Waals surface area contributed by atoms with Gasteiger partial charge < -0.3 is 5.11 Å². The van der Waals surface area contributed by atoms with Crippen molar-refractivity contribution in [2.24, 2.45) is 0 Å². The second kappa shape index (κ2) is 6.33. The summed E-state index contributed by atoms with van der Waals surface area (Å²) >= 11 is 1.77. The van der Waals surface area contributed by atoms with Gasteiger partial charge in [-0.1, -0.05) is 0 Å². The van der Waals surface area contributed by atoms with Crippen LogP contribution < -0.4 is 4.72 Å². The molecule has 0 aromatic heterocycles. The minimum absolute atomic E-state index is 0.00512. The number of hydrogen-bond donors (Lipinski definition) is 2. The van der Waals surface area contributed by atoms with Gasteiger partial charge in [-0.3, -0.25) is 0 Å². The number of aryl methyl sites for hydroxylation is 1. The Hall–Kier alpha value is -1.12. The summed E-state index contributed by atoms with van der Waals surface area (Å²) in [5, 5.41) is 8.94. The van der Waals surface area contributed by atoms with E-state index in [1.165, 1.54) is 6.92 Å². The van der Waals surface area contributed by atoms with Crippen molar-refractivity contribution in [3.05, 3.63) is 29.1 Å². The molecule has 2 N–H and O–H groups in total. The number of nitrogens with one attached hydrogen (secondary N) is 1. The SMILES string of the molecule is Cc1cc(S(=O)(=O)NC2CCSCC2)cc(C(=O)O)c1F. The molecule has 0 amide bonds. The Bertz CT molecular complexity index is 654. The van der Waals surface area contributed by atoms with Crippen molar-refractivity contribution in [2.75, 3.05) is 11.5 Å². The molecule has 21 heavy (non-hydrogen) atoms. The van der Waals surface area contributed by atoms with E-state index >= 15 is 0 Å². The smallest absolute Gasteiger partial charge is 0.338 e. The molecule has 116 valence electrons. The van der Waals surface area contributed by atoms with Gasteiger partial charge in [-0.15, -0.1) is 0 Å². The maximum atomic E-state index is 13.7. The van der Waals surface area contributed by atoms with Gasteiger partial charge in [-0.05, 0) is 49.0 Å². The van der Waals surface area contributed by atoms with Crippen molar-refractivity contribution in [1.82, 2.24) is 4.72 Å². The number of benzene rings is 1. The lowest BCUT2D eigenvalue weighted by Crippen LogP contribution is -2.37. The average Bonchev–Trinajstić information content (AvgIpc) is 2.41. The lowest BCUT2D eigenvalue weighted by molar-refractivity contribution is 0.0691. The van der Waals surface area contributed by atoms with Crippen molar-refractivity contribution in [3.63, 3.8) is 0 Å². The second-order valence-electron chi connectivity index (χ2n) is 4.91. The molecule has 0 atom stereocenters. The molecule has 1 heterocycles. The summed E-state index contributed by atoms with van der Waals surface area (Å²) in [6.45, 7) is 1.35. The summed E-state index contributed by atoms with van der Waals surface area (Å²) in [4.78, 5) is 10.8. The first-order valence-corrected chi connectivity index (χ1v) is 9.08. The molecule has 1 aliphatic heterocycles. The molecule has 1 aromatic rings. The quantitative estimate of drug-likeness (QED) is 0.880. The Kier molecular flexibility index (Phi) is 4.90. The van der Waals surface area contributed by atoms with Gasteiger partial charge in [0.25, 0.3) is 0 Å². The van der Waals surface area contributed by atoms with Crippen LogP contribution in [0.25, 0.3) is 0 Å². The number of halogens is 1. The second-order valence-corrected chi connectivity index (χ2v) is 7.85. The molecular weight excluding hydrogens is 317 g/mol. The van der Waals surface area contributed by atoms with Crippen LogP contribution in [0.4, 0.5) is 4.39 Å². The molecule has 0 saturated carbocycles. The maximum Gasteiger partial charge on any atom is 0.338 e. The third-order valence-electron chi connectivity index (χ3n) is 3.31. The van der Waals surface area contributed by atoms with Crippen molar-refractivity contribution >= 4 is 27.8 Å². The molecule has 0 bridgehead atoms. The maximum absolute atomic E-state index is 13.7. The molecule has 0 spiro atoms. The molecule has 0 aliphatic carbocycles. The highest BCUT2D eigenvalue weighted by molar-refractivity contribution is 7.99. The van der Waals surface area contributed by atoms with E-state index < -0.39 is 27.4 Å². The molecule has 8 heteroatoms. The number of rotatable bonds is 4. The van der Waals surface area contributed by atoms with E-state index in [9.17, 15) is 17.6 Å². The van der Waals surface area contributed by atoms with Crippen molar-refractivity contribution in [3.8, 4) is 0 Å². The molecule has 1 aliphatic rings. The summed E-state index contributed by atoms with van der Waals surface area (Å²) < 4.78 is 40.9. The third-order valence-corrected chi connectivity index (χ3v) is 5.86. The Morgan fingerprint density at radius 3 is 2.57 bits per heavy atom. The average molecular weight is 333 g/mol. The van der Waals surface area contributed by atoms with Crippen molar-refractivity contribution < 1.29 is 22.7 Å². The third kappa shape index (κ3) is 3.75. The lowest BCUT2D eigenvalue weighted by atomic mass is 10.1. The summed E-state index contributed by atoms with van der Waals surface area (Å²) in [7, 11) is -3.84. The summed E-state index contributed by atoms with van der Waals surface area (Å²) in [6, 6.07) is 1.86. The van der Waals surface area contributed by atoms with Crippen LogP contribution in [0.1, 0.15) is 28.8 Å². The Morgan fingerprint density at radius 2 is 2.00 bits per heavy atom. The van der Waals surface area contributed by atoms with E-state index in [0.717, 1.165) is 36.5 Å². The lowest BCUT2D eigenvalue weighted by Gasteiger charge is -2.22. The predicted octanol–water partition coefficient (Wildman–Crippen LogP) is 2.01. The van der Waals surface area contributed by atoms with Crippen LogP contribution in [0.5, 0.6) is 0 Å². The normalized spacial score (nSPS) is 16.9. The standard InChI is InChI=1S/C13H16FNO4S2/c1-8-6-10(7-11(12(8)14)13(16)17)21(18,19)15-9-2-4-20-5-3-9/h6-7,9,15H,2-5H2,1H3,(H,16,17). The largest absolute Gasteiger partial charge is 0.478 e. The fourth-order valence-electron chi connectivity index (χ4n) is 2.15. The minimum atomic E-state index is -3.84. The number of sulfonamides is 1. The van der Waals surface area contributed by atoms with Crippen LogP contribution in [0.3, 0.4) is 0 Å². The summed E-state index contributed by atoms with van der Waals surface area (Å²) in [5.74, 6) is -0.622. The number of carboxylic acids is 1. The molecule has 0 radical (unpaired) electrons. The van der Waals surface area contributed by atoms with Gasteiger partial charge in [-0.25, -0.2) is 22.3 Å². The van der Waals surface area contributed by atoms with Gasteiger partial charge in [0, 0.05) is 6.04 Å². The molecule has 2 rings (SSSR count). The molecular formula is C13H16FNO4S2. The fraction of sp³-hybridized carbons (Fsp3) is 0.462. The van der Waals surface area contributed by atoms with Crippen LogP contribution in [-0.2, 0) is 10.0 Å². The zero-order valence-electron chi connectivity index (χ0n) is 11.4. The van der Waals surface area contributed by atoms with E-state index in [-0.39, 0.29) is 16.5 Å². The van der Waals surface area contributed by atoms with E-state index in [0.29, 0.717) is 0 Å². The Balaban J connectivity index is 2.33. The molecule has 1 fully saturated rings. The summed E-state index contributed by atoms with van der Waals surface area (Å²) in [5.41, 5.74) is -0.635. The number of hydrogen-bond acceptors (Lipinski definition) is 4. The van der Waals surface area contributed by atoms with Gasteiger partial charge in [0.05, 0.1) is 10.5 Å². The van der Waals surface area contributed by atoms with Crippen LogP contribution in [0.15, 0.2) is 17.0 Å². The van der Waals surface area contributed by atoms with E-state index in [1.54, 1.807) is 11.8 Å². The Morgan fingerprint density at radius 1 is 1.38 bits per heavy atom. The zero-order chi connectivity index (χ0) is 15.6. The van der Waals surface area contributed by atoms with Gasteiger partial charge >= 0.3 is 5.97 Å². The van der Waals surface area contributed by atoms with Crippen molar-refractivity contribution in [2.45, 2.75) is 30.7 Å². The number of aromatic carboxylic acids is 1. The van der Waals surface area contributed by atoms with Gasteiger partial charge in [0.2, 0.25) is 10.0 Å². The molecule has 5 nitrogen and oxygen atoms in total. The van der Waals surface area contributed by atoms with Gasteiger partial charge in [-0.2, -0.15) is 11.8 Å². The fourth-order valence-corrected chi connectivity index (χ4v) is 4.67. The zero-order valence-corrected chi connectivity index (χ0v) is 13.1. The van der Waals surface area contributed by atoms with E-state index in [2.05, 4.69) is 4.72 Å². The first-order chi connectivity index (χ1) is 9.81. The molecule has 1 aromatic carbocycles. The molecule has 1 saturated heterocycles. The highest BCUT2D eigenvalue weighted by Crippen LogP contribution is 2.22. The Labute approximate surface area is 127 Å². The first kappa shape index (κ1) is 16.3. The van der Waals surface area contributed by atoms with Crippen molar-refractivity contribution in [1.29, 1.82) is 0 Å². The predicted molar refractivity (Wildman–Crippen MR) is 78.8 cm³/mol. The van der Waals surface area contributed by atoms with E-state index in [4.69, 9.17) is 5.11 Å². The number of carbonyl (C=O) groups is 1. The monoisotopic (exact) mass is 333 g/mol. The van der Waals surface area contributed by atoms with Gasteiger partial charge in [0.15, 0.2) is 0 Å². The molecule has 0 unspecified atom stereocenters. The topological polar surface area (TPSA) is 83.5 Å². The van der Waals surface area contributed by atoms with Crippen LogP contribution >= 0.6 is 11.8 Å². The van der Waals surface area contributed by atoms with Crippen LogP contribution in [0.2, 0.25) is 0 Å². The van der Waals surface area contributed by atoms with Crippen LogP contribution in [-0.4, -0.2) is 37.0 Å². The summed E-state index contributed by atoms with van der Waals surface area (Å²) in [6.07, 6.45) is 1.46. The van der Waals surface area contributed by atoms with E-state index in [1.807, 2.05) is 0 Å².